The second-order valence-electron chi connectivity index (χ2n) is 6.02. The van der Waals surface area contributed by atoms with Crippen molar-refractivity contribution in [3.63, 3.8) is 0 Å². The molecule has 126 valence electrons. The van der Waals surface area contributed by atoms with Crippen molar-refractivity contribution in [3.05, 3.63) is 40.5 Å². The largest absolute Gasteiger partial charge is 0.337 e. The van der Waals surface area contributed by atoms with Crippen molar-refractivity contribution in [3.8, 4) is 0 Å². The third-order valence-electron chi connectivity index (χ3n) is 4.10. The van der Waals surface area contributed by atoms with E-state index in [2.05, 4.69) is 15.2 Å². The Bertz CT molecular complexity index is 909. The molecule has 24 heavy (non-hydrogen) atoms. The van der Waals surface area contributed by atoms with Gasteiger partial charge in [0.2, 0.25) is 0 Å². The fraction of sp³-hybridized carbons (Fsp3) is 0.412. The van der Waals surface area contributed by atoms with E-state index in [0.717, 1.165) is 23.5 Å². The minimum Gasteiger partial charge on any atom is -0.337 e. The van der Waals surface area contributed by atoms with Crippen LogP contribution in [-0.4, -0.2) is 37.8 Å². The molecule has 3 aromatic heterocycles. The second kappa shape index (κ2) is 6.07. The highest BCUT2D eigenvalue weighted by Crippen LogP contribution is 2.23. The molecule has 0 atom stereocenters. The number of amides is 1. The lowest BCUT2D eigenvalue weighted by molar-refractivity contribution is 0.0786. The van der Waals surface area contributed by atoms with Crippen molar-refractivity contribution >= 4 is 17.0 Å². The van der Waals surface area contributed by atoms with Gasteiger partial charge in [0.05, 0.1) is 22.3 Å². The average molecular weight is 327 g/mol. The summed E-state index contributed by atoms with van der Waals surface area (Å²) in [6, 6.07) is 1.79. The molecular formula is C17H21N5O2. The molecule has 3 aromatic rings. The smallest absolute Gasteiger partial charge is 0.258 e. The van der Waals surface area contributed by atoms with E-state index in [9.17, 15) is 4.79 Å². The van der Waals surface area contributed by atoms with E-state index < -0.39 is 0 Å². The fourth-order valence-corrected chi connectivity index (χ4v) is 2.80. The van der Waals surface area contributed by atoms with Gasteiger partial charge in [-0.1, -0.05) is 5.16 Å². The maximum atomic E-state index is 13.0. The summed E-state index contributed by atoms with van der Waals surface area (Å²) in [7, 11) is 1.79. The Morgan fingerprint density at radius 2 is 2.04 bits per heavy atom. The number of aryl methyl sites for hydroxylation is 4. The van der Waals surface area contributed by atoms with Crippen molar-refractivity contribution in [1.29, 1.82) is 0 Å². The Balaban J connectivity index is 1.93. The lowest BCUT2D eigenvalue weighted by atomic mass is 10.1. The first-order chi connectivity index (χ1) is 11.4. The number of nitrogens with zero attached hydrogens (tertiary/aromatic N) is 5. The molecule has 0 spiro atoms. The van der Waals surface area contributed by atoms with Gasteiger partial charge in [-0.05, 0) is 33.8 Å². The second-order valence-corrected chi connectivity index (χ2v) is 6.02. The number of pyridine rings is 1. The molecule has 0 aliphatic carbocycles. The van der Waals surface area contributed by atoms with Crippen LogP contribution >= 0.6 is 0 Å². The third-order valence-corrected chi connectivity index (χ3v) is 4.10. The maximum Gasteiger partial charge on any atom is 0.258 e. The van der Waals surface area contributed by atoms with Gasteiger partial charge >= 0.3 is 0 Å². The first-order valence-corrected chi connectivity index (χ1v) is 7.92. The minimum absolute atomic E-state index is 0.0829. The van der Waals surface area contributed by atoms with Crippen LogP contribution in [-0.2, 0) is 13.1 Å². The molecule has 0 saturated carbocycles. The van der Waals surface area contributed by atoms with E-state index in [-0.39, 0.29) is 5.91 Å². The van der Waals surface area contributed by atoms with Gasteiger partial charge in [-0.15, -0.1) is 0 Å². The van der Waals surface area contributed by atoms with Crippen molar-refractivity contribution in [1.82, 2.24) is 24.8 Å². The van der Waals surface area contributed by atoms with Crippen LogP contribution < -0.4 is 0 Å². The summed E-state index contributed by atoms with van der Waals surface area (Å²) in [4.78, 5) is 18.9. The standard InChI is InChI=1S/C17H21N5O2/c1-6-22-9-13(11(3)19-22)8-21(5)17(23)14-7-10(2)18-16-15(14)12(4)20-24-16/h7,9H,6,8H2,1-5H3. The maximum absolute atomic E-state index is 13.0. The zero-order chi connectivity index (χ0) is 17.4. The molecule has 0 aliphatic heterocycles. The summed E-state index contributed by atoms with van der Waals surface area (Å²) in [5.41, 5.74) is 4.35. The number of rotatable bonds is 4. The molecule has 0 saturated heterocycles. The molecule has 0 aliphatic rings. The highest BCUT2D eigenvalue weighted by molar-refractivity contribution is 6.05. The highest BCUT2D eigenvalue weighted by Gasteiger charge is 2.21. The van der Waals surface area contributed by atoms with Crippen LogP contribution in [0.15, 0.2) is 16.8 Å². The molecule has 1 amide bonds. The summed E-state index contributed by atoms with van der Waals surface area (Å²) >= 11 is 0. The van der Waals surface area contributed by atoms with Crippen molar-refractivity contribution in [2.24, 2.45) is 0 Å². The van der Waals surface area contributed by atoms with Crippen LogP contribution in [0.25, 0.3) is 11.1 Å². The summed E-state index contributed by atoms with van der Waals surface area (Å²) in [6.07, 6.45) is 1.98. The first kappa shape index (κ1) is 16.2. The Kier molecular flexibility index (Phi) is 4.09. The Hall–Kier alpha value is -2.70. The molecule has 3 heterocycles. The number of aromatic nitrogens is 4. The van der Waals surface area contributed by atoms with E-state index >= 15 is 0 Å². The molecular weight excluding hydrogens is 306 g/mol. The monoisotopic (exact) mass is 327 g/mol. The van der Waals surface area contributed by atoms with Gasteiger partial charge in [-0.25, -0.2) is 4.98 Å². The van der Waals surface area contributed by atoms with Gasteiger partial charge in [0.15, 0.2) is 0 Å². The molecule has 7 heteroatoms. The molecule has 0 N–H and O–H groups in total. The third kappa shape index (κ3) is 2.77. The average Bonchev–Trinajstić information content (AvgIpc) is 3.09. The zero-order valence-electron chi connectivity index (χ0n) is 14.6. The van der Waals surface area contributed by atoms with Crippen LogP contribution in [0.1, 0.15) is 39.9 Å². The lowest BCUT2D eigenvalue weighted by Crippen LogP contribution is -2.26. The molecule has 0 unspecified atom stereocenters. The molecule has 0 radical (unpaired) electrons. The molecule has 3 rings (SSSR count). The number of fused-ring (bicyclic) bond motifs is 1. The van der Waals surface area contributed by atoms with Crippen molar-refractivity contribution in [2.45, 2.75) is 40.8 Å². The van der Waals surface area contributed by atoms with E-state index in [0.29, 0.717) is 28.9 Å². The van der Waals surface area contributed by atoms with Gasteiger partial charge in [0.1, 0.15) is 0 Å². The first-order valence-electron chi connectivity index (χ1n) is 7.92. The van der Waals surface area contributed by atoms with Crippen molar-refractivity contribution < 1.29 is 9.32 Å². The van der Waals surface area contributed by atoms with Crippen molar-refractivity contribution in [2.75, 3.05) is 7.05 Å². The van der Waals surface area contributed by atoms with Gasteiger partial charge in [-0.2, -0.15) is 5.10 Å². The van der Waals surface area contributed by atoms with Crippen LogP contribution in [0.2, 0.25) is 0 Å². The van der Waals surface area contributed by atoms with Crippen LogP contribution in [0.4, 0.5) is 0 Å². The predicted molar refractivity (Wildman–Crippen MR) is 89.7 cm³/mol. The normalized spacial score (nSPS) is 11.2. The van der Waals surface area contributed by atoms with Crippen LogP contribution in [0.5, 0.6) is 0 Å². The summed E-state index contributed by atoms with van der Waals surface area (Å²) in [5, 5.41) is 9.04. The number of carbonyl (C=O) groups is 1. The van der Waals surface area contributed by atoms with Gasteiger partial charge < -0.3 is 9.42 Å². The lowest BCUT2D eigenvalue weighted by Gasteiger charge is -2.17. The number of hydrogen-bond donors (Lipinski definition) is 0. The predicted octanol–water partition coefficient (Wildman–Crippen LogP) is 2.64. The Morgan fingerprint density at radius 1 is 1.29 bits per heavy atom. The van der Waals surface area contributed by atoms with E-state index in [1.807, 2.05) is 38.6 Å². The summed E-state index contributed by atoms with van der Waals surface area (Å²) in [5.74, 6) is -0.0829. The summed E-state index contributed by atoms with van der Waals surface area (Å²) < 4.78 is 7.09. The van der Waals surface area contributed by atoms with Crippen LogP contribution in [0.3, 0.4) is 0 Å². The molecule has 0 aromatic carbocycles. The molecule has 0 fully saturated rings. The minimum atomic E-state index is -0.0829. The van der Waals surface area contributed by atoms with Gasteiger partial charge in [-0.3, -0.25) is 9.48 Å². The summed E-state index contributed by atoms with van der Waals surface area (Å²) in [6.45, 7) is 8.95. The van der Waals surface area contributed by atoms with E-state index in [1.165, 1.54) is 0 Å². The fourth-order valence-electron chi connectivity index (χ4n) is 2.80. The molecule has 7 nitrogen and oxygen atoms in total. The quantitative estimate of drug-likeness (QED) is 0.736. The van der Waals surface area contributed by atoms with Crippen LogP contribution in [0, 0.1) is 20.8 Å². The number of hydrogen-bond acceptors (Lipinski definition) is 5. The topological polar surface area (TPSA) is 77.0 Å². The van der Waals surface area contributed by atoms with E-state index in [1.54, 1.807) is 18.0 Å². The Labute approximate surface area is 140 Å². The zero-order valence-corrected chi connectivity index (χ0v) is 14.6. The van der Waals surface area contributed by atoms with E-state index in [4.69, 9.17) is 4.52 Å². The Morgan fingerprint density at radius 3 is 2.71 bits per heavy atom. The van der Waals surface area contributed by atoms with Gasteiger partial charge in [0, 0.05) is 37.6 Å². The highest BCUT2D eigenvalue weighted by atomic mass is 16.5. The SMILES string of the molecule is CCn1cc(CN(C)C(=O)c2cc(C)nc3onc(C)c23)c(C)n1. The number of carbonyl (C=O) groups excluding carboxylic acids is 1. The molecule has 0 bridgehead atoms. The van der Waals surface area contributed by atoms with Gasteiger partial charge in [0.25, 0.3) is 11.6 Å².